The first-order chi connectivity index (χ1) is 15.8. The topological polar surface area (TPSA) is 80.0 Å². The first-order valence-corrected chi connectivity index (χ1v) is 12.8. The van der Waals surface area contributed by atoms with Gasteiger partial charge in [-0.25, -0.2) is 0 Å². The van der Waals surface area contributed by atoms with Gasteiger partial charge in [0, 0.05) is 23.6 Å². The van der Waals surface area contributed by atoms with E-state index in [1.165, 1.54) is 24.8 Å². The van der Waals surface area contributed by atoms with Gasteiger partial charge in [-0.3, -0.25) is 4.79 Å². The lowest BCUT2D eigenvalue weighted by Crippen LogP contribution is -2.28. The SMILES string of the molecule is Cc1ccc(NC(=O)[C@H]2C[C@@H](O)C[C@@H]2c2nnc(C3CC(CC(C)C)C3)n2C2CC2)c(C)c1. The van der Waals surface area contributed by atoms with Crippen molar-refractivity contribution in [3.63, 3.8) is 0 Å². The van der Waals surface area contributed by atoms with E-state index in [1.807, 2.05) is 19.1 Å². The van der Waals surface area contributed by atoms with Crippen molar-refractivity contribution in [3.8, 4) is 0 Å². The highest BCUT2D eigenvalue weighted by Gasteiger charge is 2.45. The first kappa shape index (κ1) is 22.6. The molecular weight excluding hydrogens is 412 g/mol. The van der Waals surface area contributed by atoms with Crippen molar-refractivity contribution in [2.45, 2.75) is 96.6 Å². The van der Waals surface area contributed by atoms with Crippen molar-refractivity contribution < 1.29 is 9.90 Å². The third-order valence-electron chi connectivity index (χ3n) is 7.91. The second kappa shape index (κ2) is 8.86. The maximum absolute atomic E-state index is 13.4. The fraction of sp³-hybridized carbons (Fsp3) is 0.667. The Bertz CT molecular complexity index is 1020. The van der Waals surface area contributed by atoms with Crippen molar-refractivity contribution >= 4 is 11.6 Å². The van der Waals surface area contributed by atoms with Gasteiger partial charge < -0.3 is 15.0 Å². The molecule has 2 aromatic rings. The largest absolute Gasteiger partial charge is 0.393 e. The summed E-state index contributed by atoms with van der Waals surface area (Å²) in [6.07, 6.45) is 6.60. The number of anilines is 1. The highest BCUT2D eigenvalue weighted by Crippen LogP contribution is 2.49. The summed E-state index contributed by atoms with van der Waals surface area (Å²) in [6.45, 7) is 8.67. The van der Waals surface area contributed by atoms with E-state index in [-0.39, 0.29) is 17.7 Å². The number of benzene rings is 1. The summed E-state index contributed by atoms with van der Waals surface area (Å²) in [5.41, 5.74) is 3.08. The second-order valence-electron chi connectivity index (χ2n) is 11.3. The number of carbonyl (C=O) groups excluding carboxylic acids is 1. The summed E-state index contributed by atoms with van der Waals surface area (Å²) in [6, 6.07) is 6.54. The van der Waals surface area contributed by atoms with Crippen molar-refractivity contribution in [2.24, 2.45) is 17.8 Å². The van der Waals surface area contributed by atoms with Crippen LogP contribution in [0.5, 0.6) is 0 Å². The molecule has 6 nitrogen and oxygen atoms in total. The monoisotopic (exact) mass is 450 g/mol. The van der Waals surface area contributed by atoms with Gasteiger partial charge in [-0.2, -0.15) is 0 Å². The van der Waals surface area contributed by atoms with Crippen LogP contribution < -0.4 is 5.32 Å². The molecule has 0 radical (unpaired) electrons. The lowest BCUT2D eigenvalue weighted by Gasteiger charge is -2.36. The van der Waals surface area contributed by atoms with Gasteiger partial charge in [0.05, 0.1) is 12.0 Å². The summed E-state index contributed by atoms with van der Waals surface area (Å²) in [5.74, 6) is 3.70. The predicted octanol–water partition coefficient (Wildman–Crippen LogP) is 5.26. The molecule has 3 aliphatic rings. The molecule has 5 rings (SSSR count). The van der Waals surface area contributed by atoms with Crippen LogP contribution in [-0.4, -0.2) is 31.9 Å². The average molecular weight is 451 g/mol. The number of aliphatic hydroxyl groups excluding tert-OH is 1. The molecule has 3 aliphatic carbocycles. The molecule has 33 heavy (non-hydrogen) atoms. The molecule has 6 heteroatoms. The number of hydrogen-bond acceptors (Lipinski definition) is 4. The molecule has 178 valence electrons. The number of rotatable bonds is 7. The van der Waals surface area contributed by atoms with Crippen LogP contribution in [0.4, 0.5) is 5.69 Å². The molecule has 1 aromatic carbocycles. The van der Waals surface area contributed by atoms with E-state index in [4.69, 9.17) is 0 Å². The van der Waals surface area contributed by atoms with E-state index in [2.05, 4.69) is 46.9 Å². The fourth-order valence-electron chi connectivity index (χ4n) is 6.13. The van der Waals surface area contributed by atoms with Crippen LogP contribution in [0.15, 0.2) is 18.2 Å². The standard InChI is InChI=1S/C27H38N4O2/c1-15(2)9-18-11-19(12-18)25-29-30-26(31(25)20-6-7-20)22-13-21(32)14-23(22)27(33)28-24-8-5-16(3)10-17(24)4/h5,8,10,15,18-23,32H,6-7,9,11-14H2,1-4H3,(H,28,33)/t18?,19?,21-,22-,23-/m0/s1. The number of aliphatic hydroxyl groups is 1. The summed E-state index contributed by atoms with van der Waals surface area (Å²) in [4.78, 5) is 13.4. The highest BCUT2D eigenvalue weighted by molar-refractivity contribution is 5.94. The second-order valence-corrected chi connectivity index (χ2v) is 11.3. The lowest BCUT2D eigenvalue weighted by atomic mass is 9.71. The molecular formula is C27H38N4O2. The number of aryl methyl sites for hydroxylation is 2. The Morgan fingerprint density at radius 1 is 1.12 bits per heavy atom. The smallest absolute Gasteiger partial charge is 0.228 e. The van der Waals surface area contributed by atoms with E-state index in [0.717, 1.165) is 47.6 Å². The van der Waals surface area contributed by atoms with Gasteiger partial charge in [-0.05, 0) is 82.3 Å². The summed E-state index contributed by atoms with van der Waals surface area (Å²) < 4.78 is 2.37. The third-order valence-corrected chi connectivity index (χ3v) is 7.91. The molecule has 0 unspecified atom stereocenters. The number of aromatic nitrogens is 3. The zero-order valence-corrected chi connectivity index (χ0v) is 20.4. The lowest BCUT2D eigenvalue weighted by molar-refractivity contribution is -0.120. The molecule has 1 amide bonds. The summed E-state index contributed by atoms with van der Waals surface area (Å²) >= 11 is 0. The van der Waals surface area contributed by atoms with Crippen molar-refractivity contribution in [3.05, 3.63) is 41.0 Å². The zero-order chi connectivity index (χ0) is 23.3. The molecule has 3 atom stereocenters. The van der Waals surface area contributed by atoms with Crippen molar-refractivity contribution in [1.82, 2.24) is 14.8 Å². The Labute approximate surface area is 197 Å². The van der Waals surface area contributed by atoms with Crippen LogP contribution in [0.3, 0.4) is 0 Å². The number of hydrogen-bond donors (Lipinski definition) is 2. The van der Waals surface area contributed by atoms with Gasteiger partial charge >= 0.3 is 0 Å². The molecule has 3 saturated carbocycles. The van der Waals surface area contributed by atoms with Crippen LogP contribution >= 0.6 is 0 Å². The molecule has 0 spiro atoms. The number of nitrogens with one attached hydrogen (secondary N) is 1. The van der Waals surface area contributed by atoms with Gasteiger partial charge in [0.25, 0.3) is 0 Å². The minimum Gasteiger partial charge on any atom is -0.393 e. The zero-order valence-electron chi connectivity index (χ0n) is 20.4. The Morgan fingerprint density at radius 2 is 1.85 bits per heavy atom. The van der Waals surface area contributed by atoms with Gasteiger partial charge in [0.15, 0.2) is 0 Å². The van der Waals surface area contributed by atoms with Crippen LogP contribution in [0.2, 0.25) is 0 Å². The fourth-order valence-corrected chi connectivity index (χ4v) is 6.13. The summed E-state index contributed by atoms with van der Waals surface area (Å²) in [7, 11) is 0. The van der Waals surface area contributed by atoms with E-state index in [9.17, 15) is 9.90 Å². The van der Waals surface area contributed by atoms with Crippen LogP contribution in [0.25, 0.3) is 0 Å². The molecule has 2 N–H and O–H groups in total. The van der Waals surface area contributed by atoms with E-state index < -0.39 is 6.10 Å². The summed E-state index contributed by atoms with van der Waals surface area (Å²) in [5, 5.41) is 23.0. The van der Waals surface area contributed by atoms with Gasteiger partial charge in [-0.1, -0.05) is 31.5 Å². The average Bonchev–Trinajstić information content (AvgIpc) is 3.35. The quantitative estimate of drug-likeness (QED) is 0.603. The minimum atomic E-state index is -0.475. The number of amides is 1. The van der Waals surface area contributed by atoms with Gasteiger partial charge in [0.2, 0.25) is 5.91 Å². The number of carbonyl (C=O) groups is 1. The van der Waals surface area contributed by atoms with Crippen LogP contribution in [0.1, 0.15) is 99.4 Å². The van der Waals surface area contributed by atoms with Crippen molar-refractivity contribution in [1.29, 1.82) is 0 Å². The molecule has 0 bridgehead atoms. The van der Waals surface area contributed by atoms with E-state index >= 15 is 0 Å². The highest BCUT2D eigenvalue weighted by atomic mass is 16.3. The van der Waals surface area contributed by atoms with E-state index in [1.54, 1.807) is 0 Å². The molecule has 0 saturated heterocycles. The van der Waals surface area contributed by atoms with Crippen molar-refractivity contribution in [2.75, 3.05) is 5.32 Å². The molecule has 1 aromatic heterocycles. The van der Waals surface area contributed by atoms with E-state index in [0.29, 0.717) is 24.8 Å². The molecule has 1 heterocycles. The Balaban J connectivity index is 1.36. The van der Waals surface area contributed by atoms with Gasteiger partial charge in [0.1, 0.15) is 11.6 Å². The minimum absolute atomic E-state index is 0.0176. The Morgan fingerprint density at radius 3 is 2.52 bits per heavy atom. The maximum Gasteiger partial charge on any atom is 0.228 e. The van der Waals surface area contributed by atoms with Gasteiger partial charge in [-0.15, -0.1) is 10.2 Å². The molecule has 0 aliphatic heterocycles. The maximum atomic E-state index is 13.4. The Hall–Kier alpha value is -2.21. The normalized spacial score (nSPS) is 29.3. The first-order valence-electron chi connectivity index (χ1n) is 12.8. The number of nitrogens with zero attached hydrogens (tertiary/aromatic N) is 3. The van der Waals surface area contributed by atoms with Crippen LogP contribution in [-0.2, 0) is 4.79 Å². The van der Waals surface area contributed by atoms with Crippen LogP contribution in [0, 0.1) is 31.6 Å². The Kier molecular flexibility index (Phi) is 6.06. The molecule has 3 fully saturated rings. The third kappa shape index (κ3) is 4.59. The predicted molar refractivity (Wildman–Crippen MR) is 129 cm³/mol.